The molecule has 0 saturated carbocycles. The molecule has 0 bridgehead atoms. The molecule has 0 aliphatic heterocycles. The highest BCUT2D eigenvalue weighted by Gasteiger charge is 2.18. The Kier molecular flexibility index (Phi) is 5.47. The third-order valence-corrected chi connectivity index (χ3v) is 7.73. The van der Waals surface area contributed by atoms with Gasteiger partial charge in [-0.05, 0) is 85.2 Å². The van der Waals surface area contributed by atoms with Crippen LogP contribution in [0.15, 0.2) is 71.6 Å². The van der Waals surface area contributed by atoms with Crippen molar-refractivity contribution >= 4 is 26.7 Å². The Morgan fingerprint density at radius 2 is 1.66 bits per heavy atom. The third-order valence-electron chi connectivity index (χ3n) is 6.35. The number of nitrogens with zero attached hydrogens (tertiary/aromatic N) is 2. The smallest absolute Gasteiger partial charge is 0.261 e. The molecule has 3 aromatic carbocycles. The second-order valence-electron chi connectivity index (χ2n) is 8.52. The van der Waals surface area contributed by atoms with E-state index < -0.39 is 10.0 Å². The van der Waals surface area contributed by atoms with Crippen LogP contribution in [0, 0.1) is 0 Å². The number of imidazole rings is 1. The third kappa shape index (κ3) is 4.15. The second kappa shape index (κ2) is 8.43. The van der Waals surface area contributed by atoms with Crippen LogP contribution in [-0.4, -0.2) is 18.0 Å². The Hall–Kier alpha value is -3.12. The van der Waals surface area contributed by atoms with Crippen molar-refractivity contribution in [2.24, 2.45) is 7.05 Å². The maximum Gasteiger partial charge on any atom is 0.261 e. The van der Waals surface area contributed by atoms with E-state index in [9.17, 15) is 8.42 Å². The molecule has 164 valence electrons. The molecule has 1 aromatic heterocycles. The van der Waals surface area contributed by atoms with Crippen molar-refractivity contribution in [1.29, 1.82) is 0 Å². The minimum absolute atomic E-state index is 0.337. The lowest BCUT2D eigenvalue weighted by Gasteiger charge is -2.17. The first-order valence-electron chi connectivity index (χ1n) is 11.1. The van der Waals surface area contributed by atoms with E-state index in [0.717, 1.165) is 60.1 Å². The first-order valence-corrected chi connectivity index (χ1v) is 12.6. The fourth-order valence-electron chi connectivity index (χ4n) is 4.51. The quantitative estimate of drug-likeness (QED) is 0.452. The zero-order chi connectivity index (χ0) is 22.1. The van der Waals surface area contributed by atoms with Gasteiger partial charge in [-0.1, -0.05) is 30.3 Å². The molecule has 0 atom stereocenters. The maximum atomic E-state index is 12.9. The molecule has 5 nitrogen and oxygen atoms in total. The molecular weight excluding hydrogens is 418 g/mol. The van der Waals surface area contributed by atoms with Crippen molar-refractivity contribution in [3.63, 3.8) is 0 Å². The van der Waals surface area contributed by atoms with E-state index in [2.05, 4.69) is 15.4 Å². The summed E-state index contributed by atoms with van der Waals surface area (Å²) in [5, 5.41) is 0. The predicted octanol–water partition coefficient (Wildman–Crippen LogP) is 5.04. The van der Waals surface area contributed by atoms with Gasteiger partial charge in [-0.2, -0.15) is 0 Å². The maximum absolute atomic E-state index is 12.9. The van der Waals surface area contributed by atoms with Gasteiger partial charge >= 0.3 is 0 Å². The minimum Gasteiger partial charge on any atom is -0.331 e. The highest BCUT2D eigenvalue weighted by molar-refractivity contribution is 7.92. The van der Waals surface area contributed by atoms with Crippen LogP contribution in [0.1, 0.15) is 35.4 Å². The molecule has 0 fully saturated rings. The first kappa shape index (κ1) is 20.8. The summed E-state index contributed by atoms with van der Waals surface area (Å²) in [6.07, 6.45) is 5.97. The lowest BCUT2D eigenvalue weighted by atomic mass is 9.92. The van der Waals surface area contributed by atoms with Crippen LogP contribution in [0.2, 0.25) is 0 Å². The summed E-state index contributed by atoms with van der Waals surface area (Å²) in [5.41, 5.74) is 6.31. The first-order chi connectivity index (χ1) is 15.5. The van der Waals surface area contributed by atoms with Crippen LogP contribution >= 0.6 is 0 Å². The number of anilines is 1. The van der Waals surface area contributed by atoms with Crippen molar-refractivity contribution in [3.05, 3.63) is 89.2 Å². The molecule has 1 N–H and O–H groups in total. The number of aryl methyl sites for hydroxylation is 5. The van der Waals surface area contributed by atoms with Gasteiger partial charge in [0.2, 0.25) is 0 Å². The summed E-state index contributed by atoms with van der Waals surface area (Å²) in [7, 11) is -1.55. The second-order valence-corrected chi connectivity index (χ2v) is 10.2. The SMILES string of the molecule is Cn1c(CCc2ccc(NS(=O)(=O)c3ccc4c(c3)CCCC4)cc2)nc2ccccc21. The van der Waals surface area contributed by atoms with E-state index in [4.69, 9.17) is 4.98 Å². The Bertz CT molecular complexity index is 1370. The van der Waals surface area contributed by atoms with E-state index in [1.54, 1.807) is 6.07 Å². The average Bonchev–Trinajstić information content (AvgIpc) is 3.14. The molecule has 1 aliphatic carbocycles. The molecule has 0 amide bonds. The van der Waals surface area contributed by atoms with Crippen molar-refractivity contribution in [1.82, 2.24) is 9.55 Å². The number of fused-ring (bicyclic) bond motifs is 2. The van der Waals surface area contributed by atoms with Gasteiger partial charge in [0, 0.05) is 19.2 Å². The van der Waals surface area contributed by atoms with Gasteiger partial charge in [-0.15, -0.1) is 0 Å². The number of benzene rings is 3. The van der Waals surface area contributed by atoms with Crippen molar-refractivity contribution in [3.8, 4) is 0 Å². The van der Waals surface area contributed by atoms with E-state index >= 15 is 0 Å². The molecule has 32 heavy (non-hydrogen) atoms. The van der Waals surface area contributed by atoms with Crippen molar-refractivity contribution in [2.45, 2.75) is 43.4 Å². The van der Waals surface area contributed by atoms with Gasteiger partial charge in [0.15, 0.2) is 0 Å². The molecule has 0 unspecified atom stereocenters. The minimum atomic E-state index is -3.60. The number of aromatic nitrogens is 2. The van der Waals surface area contributed by atoms with E-state index in [-0.39, 0.29) is 0 Å². The monoisotopic (exact) mass is 445 g/mol. The zero-order valence-electron chi connectivity index (χ0n) is 18.2. The van der Waals surface area contributed by atoms with Crippen LogP contribution in [-0.2, 0) is 42.8 Å². The molecule has 1 aliphatic rings. The van der Waals surface area contributed by atoms with Crippen molar-refractivity contribution in [2.75, 3.05) is 4.72 Å². The zero-order valence-corrected chi connectivity index (χ0v) is 19.0. The summed E-state index contributed by atoms with van der Waals surface area (Å²) in [6, 6.07) is 21.3. The lowest BCUT2D eigenvalue weighted by molar-refractivity contribution is 0.600. The van der Waals surface area contributed by atoms with E-state index in [1.807, 2.05) is 61.6 Å². The van der Waals surface area contributed by atoms with Crippen LogP contribution in [0.5, 0.6) is 0 Å². The van der Waals surface area contributed by atoms with Crippen molar-refractivity contribution < 1.29 is 8.42 Å². The fraction of sp³-hybridized carbons (Fsp3) is 0.269. The van der Waals surface area contributed by atoms with Gasteiger partial charge in [0.25, 0.3) is 10.0 Å². The van der Waals surface area contributed by atoms with Crippen LogP contribution < -0.4 is 4.72 Å². The summed E-state index contributed by atoms with van der Waals surface area (Å²) in [6.45, 7) is 0. The number of rotatable bonds is 6. The standard InChI is InChI=1S/C26H27N3O2S/c1-29-25-9-5-4-8-24(25)27-26(29)17-12-19-10-14-22(15-11-19)28-32(30,31)23-16-13-20-6-2-3-7-21(20)18-23/h4-5,8-11,13-16,18,28H,2-3,6-7,12,17H2,1H3. The number of sulfonamides is 1. The van der Waals surface area contributed by atoms with Crippen LogP contribution in [0.25, 0.3) is 11.0 Å². The molecule has 0 saturated heterocycles. The summed E-state index contributed by atoms with van der Waals surface area (Å²) in [4.78, 5) is 5.07. The molecule has 4 aromatic rings. The molecule has 0 spiro atoms. The van der Waals surface area contributed by atoms with Gasteiger partial charge < -0.3 is 4.57 Å². The van der Waals surface area contributed by atoms with E-state index in [0.29, 0.717) is 10.6 Å². The molecule has 6 heteroatoms. The topological polar surface area (TPSA) is 64.0 Å². The number of nitrogens with one attached hydrogen (secondary N) is 1. The highest BCUT2D eigenvalue weighted by Crippen LogP contribution is 2.25. The summed E-state index contributed by atoms with van der Waals surface area (Å²) >= 11 is 0. The fourth-order valence-corrected chi connectivity index (χ4v) is 5.61. The van der Waals surface area contributed by atoms with Crippen LogP contribution in [0.3, 0.4) is 0 Å². The summed E-state index contributed by atoms with van der Waals surface area (Å²) in [5.74, 6) is 1.04. The number of para-hydroxylation sites is 2. The van der Waals surface area contributed by atoms with Crippen LogP contribution in [0.4, 0.5) is 5.69 Å². The molecular formula is C26H27N3O2S. The molecule has 0 radical (unpaired) electrons. The molecule has 1 heterocycles. The van der Waals surface area contributed by atoms with Gasteiger partial charge in [-0.3, -0.25) is 4.72 Å². The molecule has 5 rings (SSSR count). The Morgan fingerprint density at radius 1 is 0.906 bits per heavy atom. The summed E-state index contributed by atoms with van der Waals surface area (Å²) < 4.78 is 30.6. The number of hydrogen-bond donors (Lipinski definition) is 1. The number of hydrogen-bond acceptors (Lipinski definition) is 3. The van der Waals surface area contributed by atoms with Gasteiger partial charge in [-0.25, -0.2) is 13.4 Å². The lowest BCUT2D eigenvalue weighted by Crippen LogP contribution is -2.14. The van der Waals surface area contributed by atoms with Gasteiger partial charge in [0.05, 0.1) is 15.9 Å². The normalized spacial score (nSPS) is 13.8. The van der Waals surface area contributed by atoms with E-state index in [1.165, 1.54) is 12.0 Å². The Labute approximate surface area is 189 Å². The largest absolute Gasteiger partial charge is 0.331 e. The predicted molar refractivity (Wildman–Crippen MR) is 128 cm³/mol. The van der Waals surface area contributed by atoms with Gasteiger partial charge in [0.1, 0.15) is 5.82 Å². The Morgan fingerprint density at radius 3 is 2.44 bits per heavy atom. The average molecular weight is 446 g/mol. The highest BCUT2D eigenvalue weighted by atomic mass is 32.2. The Balaban J connectivity index is 1.26.